The number of hydrogen-bond acceptors (Lipinski definition) is 2. The topological polar surface area (TPSA) is 32.3 Å². The summed E-state index contributed by atoms with van der Waals surface area (Å²) in [5.74, 6) is 0.911. The fourth-order valence-electron chi connectivity index (χ4n) is 1.83. The Kier molecular flexibility index (Phi) is 4.69. The summed E-state index contributed by atoms with van der Waals surface area (Å²) in [7, 11) is 0. The molecule has 0 heterocycles. The third-order valence-corrected chi connectivity index (χ3v) is 3.66. The average molecular weight is 274 g/mol. The van der Waals surface area contributed by atoms with Gasteiger partial charge >= 0.3 is 0 Å². The Labute approximate surface area is 112 Å². The molecule has 0 saturated heterocycles. The summed E-state index contributed by atoms with van der Waals surface area (Å²) in [5, 5.41) is 14.4. The molecule has 94 valence electrons. The summed E-state index contributed by atoms with van der Waals surface area (Å²) in [6, 6.07) is 5.16. The van der Waals surface area contributed by atoms with Gasteiger partial charge in [0.25, 0.3) is 0 Å². The molecule has 17 heavy (non-hydrogen) atoms. The lowest BCUT2D eigenvalue weighted by molar-refractivity contribution is 0.174. The molecular formula is C13H17Cl2NO. The van der Waals surface area contributed by atoms with Gasteiger partial charge in [-0.1, -0.05) is 36.0 Å². The highest BCUT2D eigenvalue weighted by Crippen LogP contribution is 2.31. The molecule has 1 aromatic carbocycles. The number of nitrogens with one attached hydrogen (secondary N) is 1. The summed E-state index contributed by atoms with van der Waals surface area (Å²) in [4.78, 5) is 0. The van der Waals surface area contributed by atoms with Gasteiger partial charge < -0.3 is 10.4 Å². The van der Waals surface area contributed by atoms with Crippen molar-refractivity contribution < 1.29 is 5.11 Å². The highest BCUT2D eigenvalue weighted by Gasteiger charge is 2.20. The van der Waals surface area contributed by atoms with Gasteiger partial charge in [-0.2, -0.15) is 0 Å². The molecule has 1 unspecified atom stereocenters. The van der Waals surface area contributed by atoms with Crippen molar-refractivity contribution in [2.45, 2.75) is 25.4 Å². The van der Waals surface area contributed by atoms with E-state index in [0.717, 1.165) is 12.5 Å². The third-order valence-electron chi connectivity index (χ3n) is 3.08. The standard InChI is InChI=1S/C13H17Cl2NO/c14-10-3-4-12(15)11(7-10)13(17)8-16-6-5-9-1-2-9/h3-4,7,9,13,16-17H,1-2,5-6,8H2. The van der Waals surface area contributed by atoms with Gasteiger partial charge in [0.2, 0.25) is 0 Å². The van der Waals surface area contributed by atoms with E-state index in [0.29, 0.717) is 22.2 Å². The van der Waals surface area contributed by atoms with Crippen LogP contribution in [0.2, 0.25) is 10.0 Å². The Morgan fingerprint density at radius 2 is 2.12 bits per heavy atom. The van der Waals surface area contributed by atoms with Gasteiger partial charge in [-0.15, -0.1) is 0 Å². The minimum Gasteiger partial charge on any atom is -0.387 e. The van der Waals surface area contributed by atoms with Crippen LogP contribution in [-0.4, -0.2) is 18.2 Å². The maximum absolute atomic E-state index is 10.0. The molecule has 2 N–H and O–H groups in total. The van der Waals surface area contributed by atoms with E-state index < -0.39 is 6.10 Å². The van der Waals surface area contributed by atoms with Crippen LogP contribution in [0.25, 0.3) is 0 Å². The largest absolute Gasteiger partial charge is 0.387 e. The van der Waals surface area contributed by atoms with Crippen molar-refractivity contribution in [2.24, 2.45) is 5.92 Å². The summed E-state index contributed by atoms with van der Waals surface area (Å²) < 4.78 is 0. The van der Waals surface area contributed by atoms with Crippen LogP contribution in [0.1, 0.15) is 30.9 Å². The molecule has 1 aliphatic rings. The van der Waals surface area contributed by atoms with Crippen LogP contribution in [0.3, 0.4) is 0 Å². The first-order valence-corrected chi connectivity index (χ1v) is 6.76. The smallest absolute Gasteiger partial charge is 0.0929 e. The molecule has 1 aliphatic carbocycles. The second-order valence-electron chi connectivity index (χ2n) is 4.62. The number of aliphatic hydroxyl groups excluding tert-OH is 1. The highest BCUT2D eigenvalue weighted by atomic mass is 35.5. The van der Waals surface area contributed by atoms with Gasteiger partial charge in [0.05, 0.1) is 6.10 Å². The quantitative estimate of drug-likeness (QED) is 0.779. The molecule has 0 spiro atoms. The number of aliphatic hydroxyl groups is 1. The van der Waals surface area contributed by atoms with Crippen LogP contribution in [0, 0.1) is 5.92 Å². The van der Waals surface area contributed by atoms with Crippen molar-refractivity contribution >= 4 is 23.2 Å². The van der Waals surface area contributed by atoms with E-state index in [1.807, 2.05) is 0 Å². The Morgan fingerprint density at radius 1 is 1.35 bits per heavy atom. The van der Waals surface area contributed by atoms with Crippen molar-refractivity contribution in [3.05, 3.63) is 33.8 Å². The molecule has 0 amide bonds. The first-order chi connectivity index (χ1) is 8.16. The molecule has 1 aromatic rings. The molecule has 4 heteroatoms. The number of rotatable bonds is 6. The van der Waals surface area contributed by atoms with Crippen LogP contribution >= 0.6 is 23.2 Å². The SMILES string of the molecule is OC(CNCCC1CC1)c1cc(Cl)ccc1Cl. The Morgan fingerprint density at radius 3 is 2.82 bits per heavy atom. The molecular weight excluding hydrogens is 257 g/mol. The summed E-state index contributed by atoms with van der Waals surface area (Å²) in [6.45, 7) is 1.48. The van der Waals surface area contributed by atoms with Gasteiger partial charge in [-0.05, 0) is 37.1 Å². The van der Waals surface area contributed by atoms with E-state index >= 15 is 0 Å². The van der Waals surface area contributed by atoms with E-state index in [9.17, 15) is 5.11 Å². The Bertz CT molecular complexity index is 380. The lowest BCUT2D eigenvalue weighted by Gasteiger charge is -2.14. The van der Waals surface area contributed by atoms with Gasteiger partial charge in [-0.25, -0.2) is 0 Å². The van der Waals surface area contributed by atoms with E-state index in [1.54, 1.807) is 18.2 Å². The van der Waals surface area contributed by atoms with Crippen LogP contribution in [0.5, 0.6) is 0 Å². The third kappa shape index (κ3) is 4.14. The fraction of sp³-hybridized carbons (Fsp3) is 0.538. The zero-order chi connectivity index (χ0) is 12.3. The molecule has 0 aromatic heterocycles. The second-order valence-corrected chi connectivity index (χ2v) is 5.46. The van der Waals surface area contributed by atoms with Crippen LogP contribution < -0.4 is 5.32 Å². The lowest BCUT2D eigenvalue weighted by atomic mass is 10.1. The molecule has 1 saturated carbocycles. The predicted molar refractivity (Wildman–Crippen MR) is 71.6 cm³/mol. The Balaban J connectivity index is 1.80. The molecule has 0 bridgehead atoms. The lowest BCUT2D eigenvalue weighted by Crippen LogP contribution is -2.23. The molecule has 2 nitrogen and oxygen atoms in total. The fourth-order valence-corrected chi connectivity index (χ4v) is 2.26. The molecule has 2 rings (SSSR count). The molecule has 1 atom stereocenters. The van der Waals surface area contributed by atoms with Crippen LogP contribution in [0.15, 0.2) is 18.2 Å². The number of hydrogen-bond donors (Lipinski definition) is 2. The van der Waals surface area contributed by atoms with Crippen molar-refractivity contribution in [3.8, 4) is 0 Å². The summed E-state index contributed by atoms with van der Waals surface area (Å²) in [6.07, 6.45) is 3.34. The van der Waals surface area contributed by atoms with Crippen molar-refractivity contribution in [1.29, 1.82) is 0 Å². The van der Waals surface area contributed by atoms with Gasteiger partial charge in [-0.3, -0.25) is 0 Å². The van der Waals surface area contributed by atoms with E-state index in [2.05, 4.69) is 5.32 Å². The average Bonchev–Trinajstić information content (AvgIpc) is 3.11. The summed E-state index contributed by atoms with van der Waals surface area (Å²) in [5.41, 5.74) is 0.693. The van der Waals surface area contributed by atoms with E-state index in [1.165, 1.54) is 19.3 Å². The molecule has 1 fully saturated rings. The predicted octanol–water partition coefficient (Wildman–Crippen LogP) is 3.42. The van der Waals surface area contributed by atoms with Gasteiger partial charge in [0.1, 0.15) is 0 Å². The van der Waals surface area contributed by atoms with Crippen LogP contribution in [0.4, 0.5) is 0 Å². The van der Waals surface area contributed by atoms with E-state index in [4.69, 9.17) is 23.2 Å². The van der Waals surface area contributed by atoms with Gasteiger partial charge in [0, 0.05) is 22.2 Å². The number of halogens is 2. The van der Waals surface area contributed by atoms with E-state index in [-0.39, 0.29) is 0 Å². The molecule has 0 radical (unpaired) electrons. The monoisotopic (exact) mass is 273 g/mol. The first-order valence-electron chi connectivity index (χ1n) is 6.00. The normalized spacial score (nSPS) is 17.1. The zero-order valence-electron chi connectivity index (χ0n) is 9.63. The first kappa shape index (κ1) is 13.2. The minimum atomic E-state index is -0.597. The molecule has 0 aliphatic heterocycles. The zero-order valence-corrected chi connectivity index (χ0v) is 11.1. The second kappa shape index (κ2) is 6.05. The van der Waals surface area contributed by atoms with Gasteiger partial charge in [0.15, 0.2) is 0 Å². The Hall–Kier alpha value is -0.280. The van der Waals surface area contributed by atoms with Crippen molar-refractivity contribution in [1.82, 2.24) is 5.32 Å². The maximum atomic E-state index is 10.0. The minimum absolute atomic E-state index is 0.521. The van der Waals surface area contributed by atoms with Crippen molar-refractivity contribution in [3.63, 3.8) is 0 Å². The highest BCUT2D eigenvalue weighted by molar-refractivity contribution is 6.33. The van der Waals surface area contributed by atoms with Crippen LogP contribution in [-0.2, 0) is 0 Å². The maximum Gasteiger partial charge on any atom is 0.0929 e. The summed E-state index contributed by atoms with van der Waals surface area (Å²) >= 11 is 11.9. The van der Waals surface area contributed by atoms with Crippen molar-refractivity contribution in [2.75, 3.05) is 13.1 Å². The number of benzene rings is 1.